The van der Waals surface area contributed by atoms with Crippen LogP contribution >= 0.6 is 0 Å². The van der Waals surface area contributed by atoms with E-state index in [2.05, 4.69) is 43.0 Å². The average molecular weight is 337 g/mol. The third kappa shape index (κ3) is 7.60. The van der Waals surface area contributed by atoms with Crippen LogP contribution in [0.15, 0.2) is 55.1 Å². The largest absolute Gasteiger partial charge is 0.508 e. The third-order valence-electron chi connectivity index (χ3n) is 4.84. The Hall–Kier alpha value is -2.02. The molecule has 0 saturated heterocycles. The maximum Gasteiger partial charge on any atom is 0.118 e. The standard InChI is InChI=1S/C24H32O/c1-2-21-18-19-24(25)23(20-21)17-13-8-6-4-3-5-7-10-14-22-15-11-9-12-16-22/h2,9,11-12,15-16,18-20,25H,1,3-8,10,13-14,17H2. The van der Waals surface area contributed by atoms with E-state index >= 15 is 0 Å². The number of hydrogen-bond acceptors (Lipinski definition) is 1. The second-order valence-corrected chi connectivity index (χ2v) is 6.91. The Balaban J connectivity index is 1.46. The van der Waals surface area contributed by atoms with E-state index in [1.54, 1.807) is 6.07 Å². The van der Waals surface area contributed by atoms with Crippen LogP contribution in [0.3, 0.4) is 0 Å². The van der Waals surface area contributed by atoms with E-state index in [0.717, 1.165) is 24.0 Å². The molecule has 0 aromatic heterocycles. The Morgan fingerprint density at radius 1 is 0.720 bits per heavy atom. The zero-order valence-electron chi connectivity index (χ0n) is 15.4. The summed E-state index contributed by atoms with van der Waals surface area (Å²) in [5.41, 5.74) is 3.60. The second-order valence-electron chi connectivity index (χ2n) is 6.91. The van der Waals surface area contributed by atoms with Gasteiger partial charge < -0.3 is 5.11 Å². The molecule has 0 saturated carbocycles. The van der Waals surface area contributed by atoms with Gasteiger partial charge in [-0.15, -0.1) is 0 Å². The van der Waals surface area contributed by atoms with E-state index in [0.29, 0.717) is 5.75 Å². The molecule has 134 valence electrons. The first-order chi connectivity index (χ1) is 12.3. The summed E-state index contributed by atoms with van der Waals surface area (Å²) >= 11 is 0. The minimum atomic E-state index is 0.420. The highest BCUT2D eigenvalue weighted by atomic mass is 16.3. The molecule has 1 heteroatoms. The summed E-state index contributed by atoms with van der Waals surface area (Å²) in [6, 6.07) is 16.5. The monoisotopic (exact) mass is 336 g/mol. The van der Waals surface area contributed by atoms with Gasteiger partial charge in [-0.25, -0.2) is 0 Å². The van der Waals surface area contributed by atoms with Crippen molar-refractivity contribution in [2.45, 2.75) is 64.2 Å². The smallest absolute Gasteiger partial charge is 0.118 e. The van der Waals surface area contributed by atoms with Gasteiger partial charge in [-0.1, -0.05) is 87.6 Å². The van der Waals surface area contributed by atoms with Crippen LogP contribution in [0.1, 0.15) is 68.1 Å². The van der Waals surface area contributed by atoms with Crippen LogP contribution in [0.25, 0.3) is 6.08 Å². The molecule has 0 radical (unpaired) electrons. The lowest BCUT2D eigenvalue weighted by atomic mass is 10.0. The van der Waals surface area contributed by atoms with Crippen molar-refractivity contribution in [2.24, 2.45) is 0 Å². The SMILES string of the molecule is C=Cc1ccc(O)c(CCCCCCCCCCc2ccccc2)c1. The number of aromatic hydroxyl groups is 1. The molecule has 0 heterocycles. The molecule has 0 bridgehead atoms. The molecule has 0 amide bonds. The molecule has 0 aliphatic heterocycles. The van der Waals surface area contributed by atoms with Crippen molar-refractivity contribution in [2.75, 3.05) is 0 Å². The Kier molecular flexibility index (Phi) is 8.90. The van der Waals surface area contributed by atoms with Crippen LogP contribution in [0.5, 0.6) is 5.75 Å². The summed E-state index contributed by atoms with van der Waals surface area (Å²) in [6.07, 6.45) is 14.4. The molecule has 2 aromatic carbocycles. The van der Waals surface area contributed by atoms with Crippen molar-refractivity contribution in [3.05, 3.63) is 71.8 Å². The molecule has 0 aliphatic carbocycles. The minimum absolute atomic E-state index is 0.420. The number of phenolic OH excluding ortho intramolecular Hbond substituents is 1. The Morgan fingerprint density at radius 2 is 1.32 bits per heavy atom. The van der Waals surface area contributed by atoms with E-state index in [4.69, 9.17) is 0 Å². The molecule has 25 heavy (non-hydrogen) atoms. The predicted octanol–water partition coefficient (Wildman–Crippen LogP) is 6.94. The Bertz CT molecular complexity index is 615. The quantitative estimate of drug-likeness (QED) is 0.416. The normalized spacial score (nSPS) is 10.7. The second kappa shape index (κ2) is 11.5. The zero-order chi connectivity index (χ0) is 17.7. The first-order valence-electron chi connectivity index (χ1n) is 9.78. The first kappa shape index (κ1) is 19.3. The molecule has 1 nitrogen and oxygen atoms in total. The first-order valence-corrected chi connectivity index (χ1v) is 9.78. The van der Waals surface area contributed by atoms with Gasteiger partial charge in [0.2, 0.25) is 0 Å². The lowest BCUT2D eigenvalue weighted by Crippen LogP contribution is -1.89. The van der Waals surface area contributed by atoms with Crippen LogP contribution in [-0.2, 0) is 12.8 Å². The molecule has 0 aliphatic rings. The Labute approximate surface area is 153 Å². The van der Waals surface area contributed by atoms with Gasteiger partial charge in [-0.2, -0.15) is 0 Å². The van der Waals surface area contributed by atoms with Crippen molar-refractivity contribution >= 4 is 6.08 Å². The van der Waals surface area contributed by atoms with Gasteiger partial charge >= 0.3 is 0 Å². The predicted molar refractivity (Wildman–Crippen MR) is 109 cm³/mol. The van der Waals surface area contributed by atoms with Gasteiger partial charge in [-0.3, -0.25) is 0 Å². The number of rotatable bonds is 12. The summed E-state index contributed by atoms with van der Waals surface area (Å²) in [5.74, 6) is 0.420. The maximum absolute atomic E-state index is 9.90. The van der Waals surface area contributed by atoms with Crippen LogP contribution in [0.2, 0.25) is 0 Å². The fourth-order valence-corrected chi connectivity index (χ4v) is 3.28. The number of phenols is 1. The topological polar surface area (TPSA) is 20.2 Å². The summed E-state index contributed by atoms with van der Waals surface area (Å²) in [7, 11) is 0. The van der Waals surface area contributed by atoms with E-state index in [9.17, 15) is 5.11 Å². The highest BCUT2D eigenvalue weighted by molar-refractivity contribution is 5.51. The third-order valence-corrected chi connectivity index (χ3v) is 4.84. The van der Waals surface area contributed by atoms with Gasteiger partial charge in [0.15, 0.2) is 0 Å². The molecule has 0 spiro atoms. The average Bonchev–Trinajstić information content (AvgIpc) is 2.65. The molecule has 0 atom stereocenters. The van der Waals surface area contributed by atoms with Crippen LogP contribution in [0, 0.1) is 0 Å². The Morgan fingerprint density at radius 3 is 1.96 bits per heavy atom. The number of aryl methyl sites for hydroxylation is 2. The zero-order valence-corrected chi connectivity index (χ0v) is 15.4. The van der Waals surface area contributed by atoms with Gasteiger partial charge in [0.05, 0.1) is 0 Å². The molecular weight excluding hydrogens is 304 g/mol. The molecule has 1 N–H and O–H groups in total. The fraction of sp³-hybridized carbons (Fsp3) is 0.417. The number of hydrogen-bond donors (Lipinski definition) is 1. The van der Waals surface area contributed by atoms with Crippen molar-refractivity contribution in [1.82, 2.24) is 0 Å². The van der Waals surface area contributed by atoms with Crippen LogP contribution in [-0.4, -0.2) is 5.11 Å². The van der Waals surface area contributed by atoms with Crippen molar-refractivity contribution in [3.8, 4) is 5.75 Å². The van der Waals surface area contributed by atoms with Gasteiger partial charge in [-0.05, 0) is 54.5 Å². The van der Waals surface area contributed by atoms with E-state index < -0.39 is 0 Å². The number of benzene rings is 2. The van der Waals surface area contributed by atoms with Crippen molar-refractivity contribution in [1.29, 1.82) is 0 Å². The highest BCUT2D eigenvalue weighted by Crippen LogP contribution is 2.22. The molecule has 0 fully saturated rings. The number of unbranched alkanes of at least 4 members (excludes halogenated alkanes) is 7. The summed E-state index contributed by atoms with van der Waals surface area (Å²) < 4.78 is 0. The van der Waals surface area contributed by atoms with Crippen LogP contribution in [0.4, 0.5) is 0 Å². The van der Waals surface area contributed by atoms with Gasteiger partial charge in [0.25, 0.3) is 0 Å². The summed E-state index contributed by atoms with van der Waals surface area (Å²) in [5, 5.41) is 9.90. The molecular formula is C24H32O. The van der Waals surface area contributed by atoms with Gasteiger partial charge in [0, 0.05) is 0 Å². The van der Waals surface area contributed by atoms with E-state index in [-0.39, 0.29) is 0 Å². The highest BCUT2D eigenvalue weighted by Gasteiger charge is 2.02. The van der Waals surface area contributed by atoms with Crippen LogP contribution < -0.4 is 0 Å². The van der Waals surface area contributed by atoms with E-state index in [1.165, 1.54) is 56.9 Å². The fourth-order valence-electron chi connectivity index (χ4n) is 3.28. The lowest BCUT2D eigenvalue weighted by molar-refractivity contribution is 0.465. The summed E-state index contributed by atoms with van der Waals surface area (Å²) in [6.45, 7) is 3.79. The van der Waals surface area contributed by atoms with E-state index in [1.807, 2.05) is 12.1 Å². The minimum Gasteiger partial charge on any atom is -0.508 e. The van der Waals surface area contributed by atoms with Crippen molar-refractivity contribution in [3.63, 3.8) is 0 Å². The van der Waals surface area contributed by atoms with Gasteiger partial charge in [0.1, 0.15) is 5.75 Å². The van der Waals surface area contributed by atoms with Crippen molar-refractivity contribution < 1.29 is 5.11 Å². The molecule has 2 rings (SSSR count). The molecule has 0 unspecified atom stereocenters. The molecule has 2 aromatic rings. The maximum atomic E-state index is 9.90. The summed E-state index contributed by atoms with van der Waals surface area (Å²) in [4.78, 5) is 0. The lowest BCUT2D eigenvalue weighted by Gasteiger charge is -2.06.